The lowest BCUT2D eigenvalue weighted by molar-refractivity contribution is 0.0930. The number of aromatic amines is 1. The monoisotopic (exact) mass is 398 g/mol. The number of hydrogen-bond donors (Lipinski definition) is 4. The minimum absolute atomic E-state index is 0.0236. The molecule has 0 unspecified atom stereocenters. The Morgan fingerprint density at radius 1 is 1.36 bits per heavy atom. The second kappa shape index (κ2) is 7.05. The highest BCUT2D eigenvalue weighted by Crippen LogP contribution is 2.40. The van der Waals surface area contributed by atoms with E-state index in [2.05, 4.69) is 25.6 Å². The molecule has 5 N–H and O–H groups in total. The zero-order chi connectivity index (χ0) is 19.8. The molecule has 0 radical (unpaired) electrons. The van der Waals surface area contributed by atoms with E-state index in [1.54, 1.807) is 31.5 Å². The summed E-state index contributed by atoms with van der Waals surface area (Å²) < 4.78 is 5.43. The zero-order valence-corrected chi connectivity index (χ0v) is 16.1. The van der Waals surface area contributed by atoms with Crippen molar-refractivity contribution in [2.45, 2.75) is 19.4 Å². The van der Waals surface area contributed by atoms with Crippen LogP contribution >= 0.6 is 11.6 Å². The highest BCUT2D eigenvalue weighted by atomic mass is 35.5. The Bertz CT molecular complexity index is 1060. The van der Waals surface area contributed by atoms with Crippen LogP contribution in [0.1, 0.15) is 23.0 Å². The lowest BCUT2D eigenvalue weighted by Crippen LogP contribution is -2.39. The smallest absolute Gasteiger partial charge is 0.255 e. The maximum Gasteiger partial charge on any atom is 0.255 e. The van der Waals surface area contributed by atoms with Crippen molar-refractivity contribution in [3.05, 3.63) is 46.7 Å². The second-order valence-corrected chi connectivity index (χ2v) is 6.96. The minimum atomic E-state index is -0.165. The van der Waals surface area contributed by atoms with Gasteiger partial charge < -0.3 is 26.1 Å². The van der Waals surface area contributed by atoms with Crippen LogP contribution in [0.15, 0.2) is 30.5 Å². The molecule has 4 rings (SSSR count). The molecule has 9 heteroatoms. The number of fused-ring (bicyclic) bond motifs is 1. The summed E-state index contributed by atoms with van der Waals surface area (Å²) in [6.07, 6.45) is 2.24. The Morgan fingerprint density at radius 2 is 2.18 bits per heavy atom. The molecule has 144 valence electrons. The Labute approximate surface area is 166 Å². The fraction of sp³-hybridized carbons (Fsp3) is 0.211. The largest absolute Gasteiger partial charge is 0.493 e. The fourth-order valence-electron chi connectivity index (χ4n) is 3.39. The van der Waals surface area contributed by atoms with Crippen LogP contribution in [0.3, 0.4) is 0 Å². The van der Waals surface area contributed by atoms with E-state index < -0.39 is 0 Å². The first kappa shape index (κ1) is 18.1. The topological polar surface area (TPSA) is 118 Å². The number of amides is 1. The minimum Gasteiger partial charge on any atom is -0.493 e. The zero-order valence-electron chi connectivity index (χ0n) is 15.3. The van der Waals surface area contributed by atoms with Crippen molar-refractivity contribution in [3.8, 4) is 17.1 Å². The number of carbonyl (C=O) groups excluding carboxylic acids is 1. The number of para-hydroxylation sites is 1. The van der Waals surface area contributed by atoms with Crippen LogP contribution in [0.25, 0.3) is 11.4 Å². The number of H-pyrrole nitrogens is 1. The van der Waals surface area contributed by atoms with Crippen molar-refractivity contribution in [3.63, 3.8) is 0 Å². The first-order valence-electron chi connectivity index (χ1n) is 8.72. The second-order valence-electron chi connectivity index (χ2n) is 6.55. The van der Waals surface area contributed by atoms with Crippen molar-refractivity contribution >= 4 is 34.8 Å². The highest BCUT2D eigenvalue weighted by molar-refractivity contribution is 6.32. The van der Waals surface area contributed by atoms with Crippen LogP contribution in [-0.2, 0) is 6.42 Å². The quantitative estimate of drug-likeness (QED) is 0.536. The molecule has 0 saturated heterocycles. The summed E-state index contributed by atoms with van der Waals surface area (Å²) in [5.74, 6) is 0.466. The van der Waals surface area contributed by atoms with E-state index >= 15 is 0 Å². The molecular weight excluding hydrogens is 380 g/mol. The number of anilines is 3. The number of carbonyl (C=O) groups is 1. The van der Waals surface area contributed by atoms with Gasteiger partial charge in [-0.25, -0.2) is 9.97 Å². The molecule has 3 heterocycles. The first-order chi connectivity index (χ1) is 13.5. The predicted octanol–water partition coefficient (Wildman–Crippen LogP) is 3.13. The van der Waals surface area contributed by atoms with Crippen LogP contribution in [0.4, 0.5) is 17.3 Å². The van der Waals surface area contributed by atoms with Crippen LogP contribution in [0, 0.1) is 0 Å². The lowest BCUT2D eigenvalue weighted by Gasteiger charge is -2.21. The molecule has 0 fully saturated rings. The van der Waals surface area contributed by atoms with Crippen LogP contribution < -0.4 is 21.1 Å². The van der Waals surface area contributed by atoms with E-state index in [-0.39, 0.29) is 17.9 Å². The van der Waals surface area contributed by atoms with E-state index in [0.717, 1.165) is 5.69 Å². The summed E-state index contributed by atoms with van der Waals surface area (Å²) in [6, 6.07) is 7.12. The Balaban J connectivity index is 1.90. The standard InChI is InChI=1S/C19H19ClN6O2/c1-9-8-13-14(18(27)23-9)16(15(25-13)11-6-7-22-19(21)26-11)24-12-5-3-4-10(20)17(12)28-2/h3-7,9,24-25H,8H2,1-2H3,(H,23,27)(H2,21,22,26)/t9-/m1/s1. The number of aromatic nitrogens is 3. The third-order valence-corrected chi connectivity index (χ3v) is 4.85. The normalized spacial score (nSPS) is 15.7. The summed E-state index contributed by atoms with van der Waals surface area (Å²) in [5, 5.41) is 6.73. The number of nitrogens with zero attached hydrogens (tertiary/aromatic N) is 2. The molecule has 0 aliphatic carbocycles. The van der Waals surface area contributed by atoms with E-state index in [4.69, 9.17) is 22.1 Å². The third-order valence-electron chi connectivity index (χ3n) is 4.55. The van der Waals surface area contributed by atoms with Gasteiger partial charge in [-0.3, -0.25) is 4.79 Å². The van der Waals surface area contributed by atoms with Crippen LogP contribution in [0.5, 0.6) is 5.75 Å². The van der Waals surface area contributed by atoms with Gasteiger partial charge in [-0.05, 0) is 25.1 Å². The summed E-state index contributed by atoms with van der Waals surface area (Å²) in [4.78, 5) is 24.3. The fourth-order valence-corrected chi connectivity index (χ4v) is 3.64. The Hall–Kier alpha value is -3.26. The van der Waals surface area contributed by atoms with Crippen LogP contribution in [0.2, 0.25) is 5.02 Å². The van der Waals surface area contributed by atoms with E-state index in [1.165, 1.54) is 0 Å². The van der Waals surface area contributed by atoms with Crippen LogP contribution in [-0.4, -0.2) is 34.0 Å². The predicted molar refractivity (Wildman–Crippen MR) is 108 cm³/mol. The number of rotatable bonds is 4. The number of benzene rings is 1. The van der Waals surface area contributed by atoms with Gasteiger partial charge in [0.25, 0.3) is 5.91 Å². The molecule has 1 atom stereocenters. The molecule has 2 aromatic heterocycles. The molecule has 0 saturated carbocycles. The number of nitrogens with two attached hydrogens (primary N) is 1. The highest BCUT2D eigenvalue weighted by Gasteiger charge is 2.30. The molecule has 0 bridgehead atoms. The molecule has 1 aliphatic rings. The van der Waals surface area contributed by atoms with Gasteiger partial charge in [-0.2, -0.15) is 0 Å². The molecule has 3 aromatic rings. The number of ether oxygens (including phenoxy) is 1. The first-order valence-corrected chi connectivity index (χ1v) is 9.09. The maximum atomic E-state index is 12.8. The molecule has 1 amide bonds. The van der Waals surface area contributed by atoms with Gasteiger partial charge in [0, 0.05) is 24.4 Å². The van der Waals surface area contributed by atoms with Crippen molar-refractivity contribution < 1.29 is 9.53 Å². The summed E-state index contributed by atoms with van der Waals surface area (Å²) >= 11 is 6.25. The van der Waals surface area contributed by atoms with E-state index in [1.807, 2.05) is 13.0 Å². The average molecular weight is 399 g/mol. The maximum absolute atomic E-state index is 12.8. The van der Waals surface area contributed by atoms with Gasteiger partial charge >= 0.3 is 0 Å². The van der Waals surface area contributed by atoms with Crippen molar-refractivity contribution in [1.82, 2.24) is 20.3 Å². The molecule has 8 nitrogen and oxygen atoms in total. The van der Waals surface area contributed by atoms with Gasteiger partial charge in [0.2, 0.25) is 5.95 Å². The van der Waals surface area contributed by atoms with Crippen molar-refractivity contribution in [1.29, 1.82) is 0 Å². The van der Waals surface area contributed by atoms with E-state index in [0.29, 0.717) is 45.5 Å². The Kier molecular flexibility index (Phi) is 4.56. The molecule has 28 heavy (non-hydrogen) atoms. The summed E-state index contributed by atoms with van der Waals surface area (Å²) in [7, 11) is 1.54. The number of methoxy groups -OCH3 is 1. The number of halogens is 1. The molecular formula is C19H19ClN6O2. The van der Waals surface area contributed by atoms with Crippen molar-refractivity contribution in [2.75, 3.05) is 18.2 Å². The summed E-state index contributed by atoms with van der Waals surface area (Å²) in [6.45, 7) is 1.96. The SMILES string of the molecule is COc1c(Cl)cccc1Nc1c(-c2ccnc(N)n2)[nH]c2c1C(=O)N[C@H](C)C2. The average Bonchev–Trinajstić information content (AvgIpc) is 3.00. The molecule has 1 aromatic carbocycles. The summed E-state index contributed by atoms with van der Waals surface area (Å²) in [5.41, 5.74) is 9.55. The van der Waals surface area contributed by atoms with E-state index in [9.17, 15) is 4.79 Å². The number of nitrogens with one attached hydrogen (secondary N) is 3. The van der Waals surface area contributed by atoms with Gasteiger partial charge in [-0.15, -0.1) is 0 Å². The molecule has 1 aliphatic heterocycles. The number of hydrogen-bond acceptors (Lipinski definition) is 6. The third kappa shape index (κ3) is 3.11. The number of nitrogen functional groups attached to an aromatic ring is 1. The Morgan fingerprint density at radius 3 is 2.93 bits per heavy atom. The van der Waals surface area contributed by atoms with Gasteiger partial charge in [0.1, 0.15) is 0 Å². The lowest BCUT2D eigenvalue weighted by atomic mass is 10.0. The van der Waals surface area contributed by atoms with Crippen molar-refractivity contribution in [2.24, 2.45) is 0 Å². The van der Waals surface area contributed by atoms with Gasteiger partial charge in [0.15, 0.2) is 5.75 Å². The van der Waals surface area contributed by atoms with Gasteiger partial charge in [0.05, 0.1) is 40.5 Å². The molecule has 0 spiro atoms. The van der Waals surface area contributed by atoms with Gasteiger partial charge in [-0.1, -0.05) is 17.7 Å².